The molecule has 0 aliphatic carbocycles. The molecule has 112 valence electrons. The van der Waals surface area contributed by atoms with Gasteiger partial charge in [0.1, 0.15) is 5.82 Å². The van der Waals surface area contributed by atoms with Crippen LogP contribution in [-0.2, 0) is 11.3 Å². The fraction of sp³-hybridized carbons (Fsp3) is 0.250. The van der Waals surface area contributed by atoms with Crippen LogP contribution in [0.25, 0.3) is 0 Å². The van der Waals surface area contributed by atoms with Gasteiger partial charge in [0.15, 0.2) is 0 Å². The Morgan fingerprint density at radius 1 is 1.29 bits per heavy atom. The molecule has 0 aliphatic rings. The van der Waals surface area contributed by atoms with Gasteiger partial charge in [-0.15, -0.1) is 0 Å². The molecular formula is C16H18BrFN2O. The fourth-order valence-electron chi connectivity index (χ4n) is 2.13. The largest absolute Gasteiger partial charge is 0.380 e. The van der Waals surface area contributed by atoms with Crippen LogP contribution in [0.3, 0.4) is 0 Å². The summed E-state index contributed by atoms with van der Waals surface area (Å²) in [6.07, 6.45) is 0. The molecule has 0 radical (unpaired) electrons. The number of nitrogens with two attached hydrogens (primary N) is 1. The minimum absolute atomic E-state index is 0.0424. The zero-order valence-electron chi connectivity index (χ0n) is 11.8. The van der Waals surface area contributed by atoms with Gasteiger partial charge in [0.2, 0.25) is 0 Å². The van der Waals surface area contributed by atoms with Crippen molar-refractivity contribution >= 4 is 21.6 Å². The molecule has 0 saturated heterocycles. The van der Waals surface area contributed by atoms with Crippen molar-refractivity contribution in [2.75, 3.05) is 19.0 Å². The van der Waals surface area contributed by atoms with Crippen LogP contribution in [0.4, 0.5) is 10.1 Å². The van der Waals surface area contributed by atoms with Crippen LogP contribution in [0.5, 0.6) is 0 Å². The lowest BCUT2D eigenvalue weighted by atomic mass is 10.0. The second-order valence-electron chi connectivity index (χ2n) is 4.74. The molecule has 5 heteroatoms. The summed E-state index contributed by atoms with van der Waals surface area (Å²) in [6.45, 7) is 0.999. The van der Waals surface area contributed by atoms with Gasteiger partial charge in [-0.05, 0) is 45.3 Å². The first-order chi connectivity index (χ1) is 10.1. The Bertz CT molecular complexity index is 607. The van der Waals surface area contributed by atoms with Crippen LogP contribution < -0.4 is 11.1 Å². The maximum absolute atomic E-state index is 13.3. The van der Waals surface area contributed by atoms with E-state index in [2.05, 4.69) is 27.3 Å². The molecule has 0 amide bonds. The van der Waals surface area contributed by atoms with E-state index in [1.54, 1.807) is 19.2 Å². The highest BCUT2D eigenvalue weighted by Gasteiger charge is 2.11. The zero-order valence-corrected chi connectivity index (χ0v) is 13.4. The summed E-state index contributed by atoms with van der Waals surface area (Å²) in [5.41, 5.74) is 8.85. The summed E-state index contributed by atoms with van der Waals surface area (Å²) in [5, 5.41) is 3.32. The van der Waals surface area contributed by atoms with Gasteiger partial charge in [-0.2, -0.15) is 0 Å². The molecule has 0 bridgehead atoms. The third-order valence-electron chi connectivity index (χ3n) is 3.16. The van der Waals surface area contributed by atoms with Crippen molar-refractivity contribution in [1.29, 1.82) is 0 Å². The van der Waals surface area contributed by atoms with E-state index in [0.29, 0.717) is 17.6 Å². The summed E-state index contributed by atoms with van der Waals surface area (Å²) in [4.78, 5) is 0. The highest BCUT2D eigenvalue weighted by Crippen LogP contribution is 2.24. The van der Waals surface area contributed by atoms with Gasteiger partial charge < -0.3 is 15.8 Å². The summed E-state index contributed by atoms with van der Waals surface area (Å²) in [6, 6.07) is 12.8. The van der Waals surface area contributed by atoms with Crippen LogP contribution in [-0.4, -0.2) is 13.7 Å². The summed E-state index contributed by atoms with van der Waals surface area (Å²) >= 11 is 3.18. The molecule has 3 nitrogen and oxygen atoms in total. The number of hydrogen-bond donors (Lipinski definition) is 2. The highest BCUT2D eigenvalue weighted by molar-refractivity contribution is 9.10. The first kappa shape index (κ1) is 15.9. The molecule has 0 spiro atoms. The molecule has 3 N–H and O–H groups in total. The van der Waals surface area contributed by atoms with E-state index in [9.17, 15) is 4.39 Å². The molecule has 2 aromatic rings. The molecule has 21 heavy (non-hydrogen) atoms. The van der Waals surface area contributed by atoms with Gasteiger partial charge in [-0.1, -0.05) is 24.3 Å². The van der Waals surface area contributed by atoms with Crippen molar-refractivity contribution in [3.63, 3.8) is 0 Å². The lowest BCUT2D eigenvalue weighted by Gasteiger charge is -2.19. The second kappa shape index (κ2) is 7.54. The van der Waals surface area contributed by atoms with E-state index >= 15 is 0 Å². The Labute approximate surface area is 132 Å². The molecule has 2 aromatic carbocycles. The van der Waals surface area contributed by atoms with Crippen LogP contribution in [0.2, 0.25) is 0 Å². The van der Waals surface area contributed by atoms with E-state index in [-0.39, 0.29) is 11.9 Å². The smallest absolute Gasteiger partial charge is 0.137 e. The Morgan fingerprint density at radius 3 is 2.76 bits per heavy atom. The van der Waals surface area contributed by atoms with E-state index in [1.807, 2.05) is 18.2 Å². The Hall–Kier alpha value is -1.43. The molecule has 1 atom stereocenters. The maximum Gasteiger partial charge on any atom is 0.137 e. The normalized spacial score (nSPS) is 12.2. The molecule has 0 heterocycles. The average molecular weight is 353 g/mol. The van der Waals surface area contributed by atoms with Gasteiger partial charge in [0.05, 0.1) is 17.1 Å². The predicted molar refractivity (Wildman–Crippen MR) is 86.7 cm³/mol. The maximum atomic E-state index is 13.3. The second-order valence-corrected chi connectivity index (χ2v) is 5.59. The average Bonchev–Trinajstić information content (AvgIpc) is 2.49. The van der Waals surface area contributed by atoms with E-state index in [4.69, 9.17) is 10.5 Å². The third-order valence-corrected chi connectivity index (χ3v) is 3.77. The lowest BCUT2D eigenvalue weighted by Crippen LogP contribution is -2.20. The zero-order chi connectivity index (χ0) is 15.2. The van der Waals surface area contributed by atoms with Crippen molar-refractivity contribution < 1.29 is 9.13 Å². The van der Waals surface area contributed by atoms with Crippen molar-refractivity contribution in [1.82, 2.24) is 0 Å². The number of hydrogen-bond acceptors (Lipinski definition) is 3. The Balaban J connectivity index is 2.19. The van der Waals surface area contributed by atoms with E-state index in [1.165, 1.54) is 6.07 Å². The lowest BCUT2D eigenvalue weighted by molar-refractivity contribution is 0.185. The van der Waals surface area contributed by atoms with Gasteiger partial charge in [-0.3, -0.25) is 0 Å². The monoisotopic (exact) mass is 352 g/mol. The van der Waals surface area contributed by atoms with Crippen LogP contribution >= 0.6 is 15.9 Å². The molecule has 0 aliphatic heterocycles. The molecule has 1 unspecified atom stereocenters. The van der Waals surface area contributed by atoms with Crippen molar-refractivity contribution in [3.8, 4) is 0 Å². The molecule has 0 saturated carbocycles. The first-order valence-electron chi connectivity index (χ1n) is 6.63. The van der Waals surface area contributed by atoms with Gasteiger partial charge >= 0.3 is 0 Å². The number of nitrogens with one attached hydrogen (secondary N) is 1. The minimum atomic E-state index is -0.285. The molecular weight excluding hydrogens is 335 g/mol. The summed E-state index contributed by atoms with van der Waals surface area (Å²) in [5.74, 6) is -0.285. The van der Waals surface area contributed by atoms with Crippen molar-refractivity contribution in [3.05, 3.63) is 63.9 Å². The molecule has 2 rings (SSSR count). The van der Waals surface area contributed by atoms with E-state index < -0.39 is 0 Å². The fourth-order valence-corrected chi connectivity index (χ4v) is 2.51. The number of ether oxygens (including phenoxy) is 1. The van der Waals surface area contributed by atoms with Crippen LogP contribution in [0.15, 0.2) is 46.9 Å². The molecule has 0 aromatic heterocycles. The third kappa shape index (κ3) is 4.27. The summed E-state index contributed by atoms with van der Waals surface area (Å²) < 4.78 is 18.8. The van der Waals surface area contributed by atoms with Crippen LogP contribution in [0.1, 0.15) is 17.2 Å². The topological polar surface area (TPSA) is 47.3 Å². The predicted octanol–water partition coefficient (Wildman–Crippen LogP) is 3.85. The highest BCUT2D eigenvalue weighted by atomic mass is 79.9. The minimum Gasteiger partial charge on any atom is -0.380 e. The van der Waals surface area contributed by atoms with Gasteiger partial charge in [0.25, 0.3) is 0 Å². The first-order valence-corrected chi connectivity index (χ1v) is 7.42. The van der Waals surface area contributed by atoms with Crippen LogP contribution in [0, 0.1) is 5.82 Å². The van der Waals surface area contributed by atoms with E-state index in [0.717, 1.165) is 16.8 Å². The van der Waals surface area contributed by atoms with Crippen molar-refractivity contribution in [2.45, 2.75) is 12.6 Å². The number of rotatable bonds is 6. The Morgan fingerprint density at radius 2 is 2.10 bits per heavy atom. The SMILES string of the molecule is COCc1cccc(C(CN)Nc2ccc(F)c(Br)c2)c1. The number of anilines is 1. The van der Waals surface area contributed by atoms with Gasteiger partial charge in [0, 0.05) is 19.3 Å². The Kier molecular flexibility index (Phi) is 5.73. The quantitative estimate of drug-likeness (QED) is 0.829. The number of benzene rings is 2. The summed E-state index contributed by atoms with van der Waals surface area (Å²) in [7, 11) is 1.67. The number of halogens is 2. The number of methoxy groups -OCH3 is 1. The van der Waals surface area contributed by atoms with Crippen molar-refractivity contribution in [2.24, 2.45) is 5.73 Å². The molecule has 0 fully saturated rings. The standard InChI is InChI=1S/C16H18BrFN2O/c1-21-10-11-3-2-4-12(7-11)16(9-19)20-13-5-6-15(18)14(17)8-13/h2-8,16,20H,9-10,19H2,1H3. The van der Waals surface area contributed by atoms with Gasteiger partial charge in [-0.25, -0.2) is 4.39 Å².